The molecule has 2 aliphatic heterocycles. The monoisotopic (exact) mass is 469 g/mol. The zero-order chi connectivity index (χ0) is 23.8. The Morgan fingerprint density at radius 1 is 0.848 bits per heavy atom. The summed E-state index contributed by atoms with van der Waals surface area (Å²) in [5.41, 5.74) is 4.62. The van der Waals surface area contributed by atoms with E-state index in [4.69, 9.17) is 0 Å². The second-order valence-electron chi connectivity index (χ2n) is 8.94. The fraction of sp³-hybridized carbons (Fsp3) is 0.440. The molecular weight excluding hydrogens is 438 g/mol. The molecule has 4 rings (SSSR count). The Hall–Kier alpha value is -2.71. The van der Waals surface area contributed by atoms with Crippen LogP contribution in [0.1, 0.15) is 35.1 Å². The third kappa shape index (κ3) is 4.68. The lowest BCUT2D eigenvalue weighted by atomic mass is 10.1. The van der Waals surface area contributed by atoms with E-state index in [1.807, 2.05) is 57.2 Å². The second-order valence-corrected chi connectivity index (χ2v) is 10.8. The van der Waals surface area contributed by atoms with Gasteiger partial charge in [-0.15, -0.1) is 0 Å². The topological polar surface area (TPSA) is 78.0 Å². The van der Waals surface area contributed by atoms with Gasteiger partial charge in [0.05, 0.1) is 4.90 Å². The number of aryl methyl sites for hydroxylation is 3. The van der Waals surface area contributed by atoms with Gasteiger partial charge in [0.25, 0.3) is 0 Å². The number of sulfonamides is 1. The van der Waals surface area contributed by atoms with Crippen LogP contribution in [0.25, 0.3) is 0 Å². The lowest BCUT2D eigenvalue weighted by Crippen LogP contribution is -2.50. The van der Waals surface area contributed by atoms with E-state index in [1.165, 1.54) is 4.31 Å². The Bertz CT molecular complexity index is 1160. The number of piperazine rings is 1. The van der Waals surface area contributed by atoms with Crippen molar-refractivity contribution in [2.24, 2.45) is 0 Å². The van der Waals surface area contributed by atoms with Crippen LogP contribution in [0.4, 0.5) is 5.69 Å². The molecule has 33 heavy (non-hydrogen) atoms. The van der Waals surface area contributed by atoms with Gasteiger partial charge in [-0.25, -0.2) is 8.42 Å². The fourth-order valence-electron chi connectivity index (χ4n) is 4.98. The summed E-state index contributed by atoms with van der Waals surface area (Å²) in [7, 11) is -3.62. The SMILES string of the molecule is Cc1cc(C)c(S(=O)(=O)N2CCN(C(=O)CCC(=O)N3CCc4ccccc43)CC2)c(C)c1. The predicted molar refractivity (Wildman–Crippen MR) is 128 cm³/mol. The number of rotatable bonds is 5. The van der Waals surface area contributed by atoms with Gasteiger partial charge in [0.1, 0.15) is 0 Å². The number of anilines is 1. The van der Waals surface area contributed by atoms with Crippen molar-refractivity contribution < 1.29 is 18.0 Å². The molecule has 0 bridgehead atoms. The zero-order valence-corrected chi connectivity index (χ0v) is 20.3. The Morgan fingerprint density at radius 2 is 1.45 bits per heavy atom. The molecular formula is C25H31N3O4S. The third-order valence-corrected chi connectivity index (χ3v) is 8.74. The summed E-state index contributed by atoms with van der Waals surface area (Å²) in [6.07, 6.45) is 1.14. The van der Waals surface area contributed by atoms with Crippen molar-refractivity contribution in [2.75, 3.05) is 37.6 Å². The molecule has 176 valence electrons. The number of carbonyl (C=O) groups is 2. The standard InChI is InChI=1S/C25H31N3O4S/c1-18-16-19(2)25(20(3)17-18)33(31,32)27-14-12-26(13-15-27)23(29)8-9-24(30)28-11-10-21-6-4-5-7-22(21)28/h4-7,16-17H,8-15H2,1-3H3. The highest BCUT2D eigenvalue weighted by atomic mass is 32.2. The summed E-state index contributed by atoms with van der Waals surface area (Å²) < 4.78 is 28.0. The van der Waals surface area contributed by atoms with Crippen LogP contribution < -0.4 is 4.90 Å². The molecule has 0 spiro atoms. The number of para-hydroxylation sites is 1. The zero-order valence-electron chi connectivity index (χ0n) is 19.5. The summed E-state index contributed by atoms with van der Waals surface area (Å²) in [6, 6.07) is 11.6. The number of amides is 2. The molecule has 0 unspecified atom stereocenters. The highest BCUT2D eigenvalue weighted by molar-refractivity contribution is 7.89. The maximum absolute atomic E-state index is 13.3. The molecule has 2 aromatic rings. The van der Waals surface area contributed by atoms with Gasteiger partial charge in [-0.1, -0.05) is 35.9 Å². The molecule has 2 amide bonds. The highest BCUT2D eigenvalue weighted by Crippen LogP contribution is 2.29. The van der Waals surface area contributed by atoms with Crippen LogP contribution in [-0.2, 0) is 26.0 Å². The van der Waals surface area contributed by atoms with Crippen molar-refractivity contribution >= 4 is 27.5 Å². The van der Waals surface area contributed by atoms with Crippen LogP contribution >= 0.6 is 0 Å². The Morgan fingerprint density at radius 3 is 2.12 bits per heavy atom. The third-order valence-electron chi connectivity index (χ3n) is 6.53. The molecule has 2 heterocycles. The van der Waals surface area contributed by atoms with E-state index in [0.717, 1.165) is 34.4 Å². The molecule has 7 nitrogen and oxygen atoms in total. The first-order valence-corrected chi connectivity index (χ1v) is 12.9. The summed E-state index contributed by atoms with van der Waals surface area (Å²) in [5, 5.41) is 0. The van der Waals surface area contributed by atoms with Crippen LogP contribution in [0, 0.1) is 20.8 Å². The number of nitrogens with zero attached hydrogens (tertiary/aromatic N) is 3. The van der Waals surface area contributed by atoms with E-state index in [-0.39, 0.29) is 37.7 Å². The van der Waals surface area contributed by atoms with Crippen LogP contribution in [0.5, 0.6) is 0 Å². The molecule has 0 aromatic heterocycles. The molecule has 1 fully saturated rings. The number of fused-ring (bicyclic) bond motifs is 1. The van der Waals surface area contributed by atoms with Crippen molar-refractivity contribution in [1.82, 2.24) is 9.21 Å². The average molecular weight is 470 g/mol. The minimum absolute atomic E-state index is 0.0418. The lowest BCUT2D eigenvalue weighted by Gasteiger charge is -2.34. The van der Waals surface area contributed by atoms with Crippen molar-refractivity contribution in [3.63, 3.8) is 0 Å². The van der Waals surface area contributed by atoms with Crippen molar-refractivity contribution in [1.29, 1.82) is 0 Å². The summed E-state index contributed by atoms with van der Waals surface area (Å²) >= 11 is 0. The Labute approximate surface area is 196 Å². The molecule has 2 aromatic carbocycles. The van der Waals surface area contributed by atoms with Gasteiger partial charge in [0, 0.05) is 51.3 Å². The predicted octanol–water partition coefficient (Wildman–Crippen LogP) is 2.81. The maximum Gasteiger partial charge on any atom is 0.243 e. The summed E-state index contributed by atoms with van der Waals surface area (Å²) in [6.45, 7) is 7.44. The number of benzene rings is 2. The van der Waals surface area contributed by atoms with Gasteiger partial charge in [0.2, 0.25) is 21.8 Å². The van der Waals surface area contributed by atoms with E-state index < -0.39 is 10.0 Å². The number of carbonyl (C=O) groups excluding carboxylic acids is 2. The normalized spacial score (nSPS) is 16.7. The largest absolute Gasteiger partial charge is 0.340 e. The number of hydrogen-bond donors (Lipinski definition) is 0. The van der Waals surface area contributed by atoms with Crippen LogP contribution in [0.15, 0.2) is 41.3 Å². The Balaban J connectivity index is 1.33. The molecule has 8 heteroatoms. The quantitative estimate of drug-likeness (QED) is 0.675. The van der Waals surface area contributed by atoms with Gasteiger partial charge in [-0.2, -0.15) is 4.31 Å². The molecule has 0 atom stereocenters. The molecule has 1 saturated heterocycles. The first kappa shape index (κ1) is 23.4. The summed E-state index contributed by atoms with van der Waals surface area (Å²) in [4.78, 5) is 29.2. The smallest absolute Gasteiger partial charge is 0.243 e. The van der Waals surface area contributed by atoms with E-state index in [2.05, 4.69) is 0 Å². The lowest BCUT2D eigenvalue weighted by molar-refractivity contribution is -0.134. The van der Waals surface area contributed by atoms with E-state index in [0.29, 0.717) is 24.5 Å². The molecule has 2 aliphatic rings. The van der Waals surface area contributed by atoms with Gasteiger partial charge >= 0.3 is 0 Å². The first-order chi connectivity index (χ1) is 15.7. The van der Waals surface area contributed by atoms with Crippen molar-refractivity contribution in [3.8, 4) is 0 Å². The molecule has 0 aliphatic carbocycles. The maximum atomic E-state index is 13.3. The average Bonchev–Trinajstić information content (AvgIpc) is 3.21. The molecule has 0 N–H and O–H groups in total. The molecule has 0 saturated carbocycles. The van der Waals surface area contributed by atoms with Crippen LogP contribution in [0.2, 0.25) is 0 Å². The van der Waals surface area contributed by atoms with Crippen LogP contribution in [-0.4, -0.2) is 62.2 Å². The molecule has 0 radical (unpaired) electrons. The highest BCUT2D eigenvalue weighted by Gasteiger charge is 2.32. The second kappa shape index (κ2) is 9.27. The fourth-order valence-corrected chi connectivity index (χ4v) is 6.82. The van der Waals surface area contributed by atoms with Gasteiger partial charge in [-0.3, -0.25) is 9.59 Å². The number of hydrogen-bond acceptors (Lipinski definition) is 4. The van der Waals surface area contributed by atoms with Gasteiger partial charge < -0.3 is 9.80 Å². The van der Waals surface area contributed by atoms with Crippen molar-refractivity contribution in [3.05, 3.63) is 58.7 Å². The first-order valence-electron chi connectivity index (χ1n) is 11.4. The van der Waals surface area contributed by atoms with E-state index in [1.54, 1.807) is 9.80 Å². The van der Waals surface area contributed by atoms with Crippen LogP contribution in [0.3, 0.4) is 0 Å². The summed E-state index contributed by atoms with van der Waals surface area (Å²) in [5.74, 6) is -0.143. The Kier molecular flexibility index (Phi) is 6.59. The van der Waals surface area contributed by atoms with Gasteiger partial charge in [0.15, 0.2) is 0 Å². The van der Waals surface area contributed by atoms with E-state index >= 15 is 0 Å². The van der Waals surface area contributed by atoms with E-state index in [9.17, 15) is 18.0 Å². The van der Waals surface area contributed by atoms with Crippen molar-refractivity contribution in [2.45, 2.75) is 44.9 Å². The minimum atomic E-state index is -3.62. The van der Waals surface area contributed by atoms with Gasteiger partial charge in [-0.05, 0) is 49.9 Å². The minimum Gasteiger partial charge on any atom is -0.340 e.